The normalized spacial score (nSPS) is 11.3. The molecule has 0 saturated heterocycles. The molecule has 0 atom stereocenters. The number of hydrogen-bond acceptors (Lipinski definition) is 3. The van der Waals surface area contributed by atoms with E-state index in [1.54, 1.807) is 21.0 Å². The number of methoxy groups -OCH3 is 1. The minimum Gasteiger partial charge on any atom is -0.497 e. The molecule has 0 aliphatic rings. The van der Waals surface area contributed by atoms with Gasteiger partial charge in [-0.1, -0.05) is 12.1 Å². The third-order valence-electron chi connectivity index (χ3n) is 2.88. The standard InChI is InChI=1S/C14H20O4/c1-14(2,13(15)16)8-9-18-10-11-4-6-12(17-3)7-5-11/h4-7H,8-10H2,1-3H3,(H,15,16). The highest BCUT2D eigenvalue weighted by Crippen LogP contribution is 2.20. The lowest BCUT2D eigenvalue weighted by atomic mass is 9.90. The average Bonchev–Trinajstić information content (AvgIpc) is 2.35. The summed E-state index contributed by atoms with van der Waals surface area (Å²) in [6.45, 7) is 4.32. The quantitative estimate of drug-likeness (QED) is 0.758. The molecule has 0 aromatic heterocycles. The van der Waals surface area contributed by atoms with Crippen LogP contribution in [0.15, 0.2) is 24.3 Å². The van der Waals surface area contributed by atoms with Gasteiger partial charge in [-0.3, -0.25) is 4.79 Å². The van der Waals surface area contributed by atoms with Gasteiger partial charge in [-0.2, -0.15) is 0 Å². The molecule has 100 valence electrons. The van der Waals surface area contributed by atoms with Crippen molar-refractivity contribution in [1.29, 1.82) is 0 Å². The van der Waals surface area contributed by atoms with Gasteiger partial charge in [0, 0.05) is 6.61 Å². The van der Waals surface area contributed by atoms with E-state index < -0.39 is 11.4 Å². The highest BCUT2D eigenvalue weighted by molar-refractivity contribution is 5.73. The van der Waals surface area contributed by atoms with Crippen molar-refractivity contribution in [1.82, 2.24) is 0 Å². The van der Waals surface area contributed by atoms with Crippen molar-refractivity contribution in [2.45, 2.75) is 26.9 Å². The first-order valence-corrected chi connectivity index (χ1v) is 5.90. The first-order chi connectivity index (χ1) is 8.45. The van der Waals surface area contributed by atoms with Crippen LogP contribution < -0.4 is 4.74 Å². The molecule has 1 aromatic rings. The Hall–Kier alpha value is -1.55. The molecule has 0 spiro atoms. The highest BCUT2D eigenvalue weighted by atomic mass is 16.5. The monoisotopic (exact) mass is 252 g/mol. The molecular formula is C14H20O4. The van der Waals surface area contributed by atoms with Crippen LogP contribution in [0.2, 0.25) is 0 Å². The SMILES string of the molecule is COc1ccc(COCCC(C)(C)C(=O)O)cc1. The molecule has 0 radical (unpaired) electrons. The number of benzene rings is 1. The van der Waals surface area contributed by atoms with Crippen LogP contribution in [0.5, 0.6) is 5.75 Å². The molecule has 1 aromatic carbocycles. The molecule has 0 aliphatic carbocycles. The number of carbonyl (C=O) groups is 1. The van der Waals surface area contributed by atoms with E-state index in [2.05, 4.69) is 0 Å². The van der Waals surface area contributed by atoms with Gasteiger partial charge in [-0.25, -0.2) is 0 Å². The fourth-order valence-corrected chi connectivity index (χ4v) is 1.35. The van der Waals surface area contributed by atoms with Gasteiger partial charge in [0.15, 0.2) is 0 Å². The first kappa shape index (κ1) is 14.5. The Kier molecular flexibility index (Phi) is 5.16. The average molecular weight is 252 g/mol. The molecular weight excluding hydrogens is 232 g/mol. The molecule has 0 fully saturated rings. The predicted molar refractivity (Wildman–Crippen MR) is 68.7 cm³/mol. The van der Waals surface area contributed by atoms with Crippen LogP contribution in [0.1, 0.15) is 25.8 Å². The molecule has 0 unspecified atom stereocenters. The van der Waals surface area contributed by atoms with Gasteiger partial charge in [0.25, 0.3) is 0 Å². The summed E-state index contributed by atoms with van der Waals surface area (Å²) in [5.41, 5.74) is 0.309. The number of rotatable bonds is 7. The van der Waals surface area contributed by atoms with Gasteiger partial charge >= 0.3 is 5.97 Å². The van der Waals surface area contributed by atoms with Crippen molar-refractivity contribution in [2.24, 2.45) is 5.41 Å². The van der Waals surface area contributed by atoms with Crippen molar-refractivity contribution in [3.05, 3.63) is 29.8 Å². The van der Waals surface area contributed by atoms with Gasteiger partial charge < -0.3 is 14.6 Å². The molecule has 4 nitrogen and oxygen atoms in total. The number of carboxylic acids is 1. The van der Waals surface area contributed by atoms with Crippen LogP contribution in [-0.2, 0) is 16.1 Å². The van der Waals surface area contributed by atoms with Crippen LogP contribution in [-0.4, -0.2) is 24.8 Å². The number of aliphatic carboxylic acids is 1. The van der Waals surface area contributed by atoms with Crippen LogP contribution in [0.4, 0.5) is 0 Å². The third-order valence-corrected chi connectivity index (χ3v) is 2.88. The van der Waals surface area contributed by atoms with E-state index >= 15 is 0 Å². The van der Waals surface area contributed by atoms with Crippen molar-refractivity contribution < 1.29 is 19.4 Å². The lowest BCUT2D eigenvalue weighted by Crippen LogP contribution is -2.25. The molecule has 0 aliphatic heterocycles. The van der Waals surface area contributed by atoms with E-state index in [1.807, 2.05) is 24.3 Å². The Morgan fingerprint density at radius 3 is 2.39 bits per heavy atom. The molecule has 4 heteroatoms. The lowest BCUT2D eigenvalue weighted by molar-refractivity contribution is -0.148. The van der Waals surface area contributed by atoms with Crippen molar-refractivity contribution in [3.63, 3.8) is 0 Å². The Labute approximate surface area is 108 Å². The zero-order chi connectivity index (χ0) is 13.6. The summed E-state index contributed by atoms with van der Waals surface area (Å²) in [4.78, 5) is 10.9. The second kappa shape index (κ2) is 6.40. The van der Waals surface area contributed by atoms with E-state index in [-0.39, 0.29) is 0 Å². The van der Waals surface area contributed by atoms with E-state index in [9.17, 15) is 4.79 Å². The zero-order valence-corrected chi connectivity index (χ0v) is 11.1. The smallest absolute Gasteiger partial charge is 0.309 e. The van der Waals surface area contributed by atoms with Gasteiger partial charge in [0.2, 0.25) is 0 Å². The highest BCUT2D eigenvalue weighted by Gasteiger charge is 2.26. The second-order valence-electron chi connectivity index (χ2n) is 4.84. The van der Waals surface area contributed by atoms with Crippen molar-refractivity contribution >= 4 is 5.97 Å². The second-order valence-corrected chi connectivity index (χ2v) is 4.84. The lowest BCUT2D eigenvalue weighted by Gasteiger charge is -2.18. The van der Waals surface area contributed by atoms with Crippen LogP contribution in [0.25, 0.3) is 0 Å². The van der Waals surface area contributed by atoms with Crippen LogP contribution in [0, 0.1) is 5.41 Å². The number of ether oxygens (including phenoxy) is 2. The van der Waals surface area contributed by atoms with Gasteiger partial charge in [0.1, 0.15) is 5.75 Å². The van der Waals surface area contributed by atoms with Crippen LogP contribution in [0.3, 0.4) is 0 Å². The predicted octanol–water partition coefficient (Wildman–Crippen LogP) is 2.71. The van der Waals surface area contributed by atoms with Crippen molar-refractivity contribution in [2.75, 3.05) is 13.7 Å². The summed E-state index contributed by atoms with van der Waals surface area (Å²) < 4.78 is 10.5. The molecule has 1 rings (SSSR count). The first-order valence-electron chi connectivity index (χ1n) is 5.90. The minimum absolute atomic E-state index is 0.436. The topological polar surface area (TPSA) is 55.8 Å². The molecule has 1 N–H and O–H groups in total. The van der Waals surface area contributed by atoms with E-state index in [4.69, 9.17) is 14.6 Å². The van der Waals surface area contributed by atoms with Gasteiger partial charge in [-0.05, 0) is 38.0 Å². The summed E-state index contributed by atoms with van der Waals surface area (Å²) in [5, 5.41) is 8.95. The summed E-state index contributed by atoms with van der Waals surface area (Å²) in [5.74, 6) is 0.0151. The van der Waals surface area contributed by atoms with E-state index in [0.29, 0.717) is 19.6 Å². The molecule has 0 bridgehead atoms. The summed E-state index contributed by atoms with van der Waals surface area (Å²) in [6, 6.07) is 7.61. The van der Waals surface area contributed by atoms with Crippen LogP contribution >= 0.6 is 0 Å². The Morgan fingerprint density at radius 1 is 1.28 bits per heavy atom. The summed E-state index contributed by atoms with van der Waals surface area (Å²) in [7, 11) is 1.62. The van der Waals surface area contributed by atoms with E-state index in [1.165, 1.54) is 0 Å². The Balaban J connectivity index is 2.31. The Bertz CT molecular complexity index is 381. The molecule has 0 amide bonds. The molecule has 18 heavy (non-hydrogen) atoms. The fourth-order valence-electron chi connectivity index (χ4n) is 1.35. The largest absolute Gasteiger partial charge is 0.497 e. The van der Waals surface area contributed by atoms with Crippen molar-refractivity contribution in [3.8, 4) is 5.75 Å². The summed E-state index contributed by atoms with van der Waals surface area (Å²) >= 11 is 0. The Morgan fingerprint density at radius 2 is 1.89 bits per heavy atom. The minimum atomic E-state index is -0.796. The maximum absolute atomic E-state index is 10.9. The number of carboxylic acid groups (broad SMARTS) is 1. The maximum atomic E-state index is 10.9. The number of hydrogen-bond donors (Lipinski definition) is 1. The third kappa shape index (κ3) is 4.37. The molecule has 0 saturated carbocycles. The molecule has 0 heterocycles. The maximum Gasteiger partial charge on any atom is 0.309 e. The zero-order valence-electron chi connectivity index (χ0n) is 11.1. The van der Waals surface area contributed by atoms with Gasteiger partial charge in [0.05, 0.1) is 19.1 Å². The fraction of sp³-hybridized carbons (Fsp3) is 0.500. The van der Waals surface area contributed by atoms with E-state index in [0.717, 1.165) is 11.3 Å². The summed E-state index contributed by atoms with van der Waals surface area (Å²) in [6.07, 6.45) is 0.499. The van der Waals surface area contributed by atoms with Gasteiger partial charge in [-0.15, -0.1) is 0 Å².